The number of rotatable bonds is 9. The topological polar surface area (TPSA) is 50.5 Å². The van der Waals surface area contributed by atoms with Gasteiger partial charge in [0.1, 0.15) is 5.75 Å². The van der Waals surface area contributed by atoms with Crippen LogP contribution in [0.15, 0.2) is 18.2 Å². The molecule has 0 aliphatic rings. The number of nitrogen functional groups attached to an aromatic ring is 1. The number of nitrogens with zero attached hydrogens (tertiary/aromatic N) is 1. The molecule has 1 rings (SSSR count). The quantitative estimate of drug-likeness (QED) is 0.674. The number of likely N-dealkylation sites (N-methyl/N-ethyl adjacent to an activating group) is 1. The molecule has 0 spiro atoms. The maximum atomic E-state index is 5.88. The van der Waals surface area contributed by atoms with Gasteiger partial charge in [0.25, 0.3) is 0 Å². The van der Waals surface area contributed by atoms with Crippen molar-refractivity contribution in [3.63, 3.8) is 0 Å². The number of benzene rings is 1. The number of nitrogens with one attached hydrogen (secondary N) is 1. The van der Waals surface area contributed by atoms with Gasteiger partial charge in [-0.15, -0.1) is 0 Å². The van der Waals surface area contributed by atoms with E-state index in [1.165, 1.54) is 0 Å². The molecule has 19 heavy (non-hydrogen) atoms. The van der Waals surface area contributed by atoms with Crippen LogP contribution in [0.3, 0.4) is 0 Å². The minimum atomic E-state index is 0.725. The maximum Gasteiger partial charge on any atom is 0.123 e. The monoisotopic (exact) mass is 265 g/mol. The summed E-state index contributed by atoms with van der Waals surface area (Å²) < 4.78 is 5.62. The van der Waals surface area contributed by atoms with E-state index in [0.29, 0.717) is 0 Å². The van der Waals surface area contributed by atoms with Crippen LogP contribution < -0.4 is 15.8 Å². The van der Waals surface area contributed by atoms with Crippen LogP contribution in [0.5, 0.6) is 5.75 Å². The first-order valence-electron chi connectivity index (χ1n) is 7.19. The Hall–Kier alpha value is -1.42. The molecule has 0 atom stereocenters. The van der Waals surface area contributed by atoms with Gasteiger partial charge in [-0.05, 0) is 25.6 Å². The molecule has 0 heterocycles. The van der Waals surface area contributed by atoms with E-state index >= 15 is 0 Å². The highest BCUT2D eigenvalue weighted by atomic mass is 16.5. The summed E-state index contributed by atoms with van der Waals surface area (Å²) in [5.41, 5.74) is 7.65. The summed E-state index contributed by atoms with van der Waals surface area (Å²) in [5, 5.41) is 3.40. The molecule has 0 aliphatic heterocycles. The Morgan fingerprint density at radius 3 is 2.53 bits per heavy atom. The molecular weight excluding hydrogens is 238 g/mol. The Balaban J connectivity index is 2.50. The highest BCUT2D eigenvalue weighted by Gasteiger charge is 2.01. The molecule has 0 saturated heterocycles. The number of hydrogen-bond acceptors (Lipinski definition) is 4. The molecule has 3 N–H and O–H groups in total. The van der Waals surface area contributed by atoms with Gasteiger partial charge in [0.05, 0.1) is 6.61 Å². The molecule has 0 aliphatic carbocycles. The molecule has 0 unspecified atom stereocenters. The third kappa shape index (κ3) is 5.83. The van der Waals surface area contributed by atoms with E-state index in [-0.39, 0.29) is 0 Å². The van der Waals surface area contributed by atoms with Gasteiger partial charge in [-0.3, -0.25) is 0 Å². The van der Waals surface area contributed by atoms with Gasteiger partial charge in [0.15, 0.2) is 0 Å². The lowest BCUT2D eigenvalue weighted by Gasteiger charge is -2.18. The van der Waals surface area contributed by atoms with Crippen molar-refractivity contribution < 1.29 is 4.74 Å². The third-order valence-corrected chi connectivity index (χ3v) is 3.05. The molecule has 0 radical (unpaired) electrons. The van der Waals surface area contributed by atoms with Gasteiger partial charge in [0, 0.05) is 36.6 Å². The maximum absolute atomic E-state index is 5.88. The predicted octanol–water partition coefficient (Wildman–Crippen LogP) is 2.81. The van der Waals surface area contributed by atoms with E-state index in [0.717, 1.165) is 56.3 Å². The summed E-state index contributed by atoms with van der Waals surface area (Å²) in [7, 11) is 0. The summed E-state index contributed by atoms with van der Waals surface area (Å²) in [5.74, 6) is 0.840. The van der Waals surface area contributed by atoms with E-state index in [1.54, 1.807) is 0 Å². The first-order chi connectivity index (χ1) is 9.19. The minimum absolute atomic E-state index is 0.725. The smallest absolute Gasteiger partial charge is 0.123 e. The van der Waals surface area contributed by atoms with Crippen LogP contribution in [0.1, 0.15) is 27.2 Å². The molecular formula is C15H27N3O. The van der Waals surface area contributed by atoms with Crippen molar-refractivity contribution in [1.29, 1.82) is 0 Å². The normalized spacial score (nSPS) is 10.7. The zero-order valence-electron chi connectivity index (χ0n) is 12.4. The van der Waals surface area contributed by atoms with Gasteiger partial charge in [-0.2, -0.15) is 0 Å². The first kappa shape index (κ1) is 15.6. The van der Waals surface area contributed by atoms with E-state index < -0.39 is 0 Å². The molecule has 1 aromatic carbocycles. The molecule has 4 heteroatoms. The Labute approximate surface area is 116 Å². The average molecular weight is 265 g/mol. The van der Waals surface area contributed by atoms with Crippen molar-refractivity contribution in [2.24, 2.45) is 0 Å². The SMILES string of the molecule is CCCOc1cc(N)cc(NCCN(CC)CC)c1. The van der Waals surface area contributed by atoms with Crippen molar-refractivity contribution in [3.8, 4) is 5.75 Å². The fraction of sp³-hybridized carbons (Fsp3) is 0.600. The lowest BCUT2D eigenvalue weighted by atomic mass is 10.2. The molecule has 0 amide bonds. The van der Waals surface area contributed by atoms with Gasteiger partial charge in [-0.1, -0.05) is 20.8 Å². The third-order valence-electron chi connectivity index (χ3n) is 3.05. The van der Waals surface area contributed by atoms with Gasteiger partial charge >= 0.3 is 0 Å². The van der Waals surface area contributed by atoms with Crippen molar-refractivity contribution in [3.05, 3.63) is 18.2 Å². The molecule has 0 fully saturated rings. The summed E-state index contributed by atoms with van der Waals surface area (Å²) in [6.45, 7) is 11.3. The van der Waals surface area contributed by atoms with E-state index in [1.807, 2.05) is 18.2 Å². The fourth-order valence-corrected chi connectivity index (χ4v) is 1.93. The number of nitrogens with two attached hydrogens (primary N) is 1. The number of anilines is 2. The molecule has 1 aromatic rings. The van der Waals surface area contributed by atoms with Gasteiger partial charge in [-0.25, -0.2) is 0 Å². The second-order valence-electron chi connectivity index (χ2n) is 4.59. The van der Waals surface area contributed by atoms with Crippen LogP contribution in [0.2, 0.25) is 0 Å². The summed E-state index contributed by atoms with van der Waals surface area (Å²) in [4.78, 5) is 2.38. The highest BCUT2D eigenvalue weighted by Crippen LogP contribution is 2.22. The number of ether oxygens (including phenoxy) is 1. The lowest BCUT2D eigenvalue weighted by molar-refractivity contribution is 0.315. The zero-order chi connectivity index (χ0) is 14.1. The van der Waals surface area contributed by atoms with Gasteiger partial charge in [0.2, 0.25) is 0 Å². The largest absolute Gasteiger partial charge is 0.493 e. The molecule has 0 saturated carbocycles. The van der Waals surface area contributed by atoms with Crippen LogP contribution in [0.4, 0.5) is 11.4 Å². The van der Waals surface area contributed by atoms with Crippen molar-refractivity contribution in [2.45, 2.75) is 27.2 Å². The fourth-order valence-electron chi connectivity index (χ4n) is 1.93. The zero-order valence-corrected chi connectivity index (χ0v) is 12.4. The van der Waals surface area contributed by atoms with E-state index in [9.17, 15) is 0 Å². The molecule has 108 valence electrons. The van der Waals surface area contributed by atoms with Crippen molar-refractivity contribution in [2.75, 3.05) is 43.8 Å². The number of hydrogen-bond donors (Lipinski definition) is 2. The minimum Gasteiger partial charge on any atom is -0.493 e. The van der Waals surface area contributed by atoms with Crippen molar-refractivity contribution in [1.82, 2.24) is 4.90 Å². The van der Waals surface area contributed by atoms with Crippen LogP contribution in [-0.4, -0.2) is 37.7 Å². The van der Waals surface area contributed by atoms with Crippen LogP contribution in [-0.2, 0) is 0 Å². The Kier molecular flexibility index (Phi) is 7.11. The van der Waals surface area contributed by atoms with E-state index in [4.69, 9.17) is 10.5 Å². The van der Waals surface area contributed by atoms with Gasteiger partial charge < -0.3 is 20.7 Å². The Morgan fingerprint density at radius 2 is 1.89 bits per heavy atom. The van der Waals surface area contributed by atoms with Crippen molar-refractivity contribution >= 4 is 11.4 Å². The second kappa shape index (κ2) is 8.64. The van der Waals surface area contributed by atoms with Crippen LogP contribution >= 0.6 is 0 Å². The van der Waals surface area contributed by atoms with Crippen LogP contribution in [0, 0.1) is 0 Å². The average Bonchev–Trinajstić information content (AvgIpc) is 2.41. The van der Waals surface area contributed by atoms with Crippen LogP contribution in [0.25, 0.3) is 0 Å². The summed E-state index contributed by atoms with van der Waals surface area (Å²) in [6.07, 6.45) is 1.000. The summed E-state index contributed by atoms with van der Waals surface area (Å²) >= 11 is 0. The van der Waals surface area contributed by atoms with E-state index in [2.05, 4.69) is 31.0 Å². The summed E-state index contributed by atoms with van der Waals surface area (Å²) in [6, 6.07) is 5.82. The predicted molar refractivity (Wildman–Crippen MR) is 82.9 cm³/mol. The Morgan fingerprint density at radius 1 is 1.16 bits per heavy atom. The standard InChI is InChI=1S/C15H27N3O/c1-4-9-19-15-11-13(16)10-14(12-15)17-7-8-18(5-2)6-3/h10-12,17H,4-9,16H2,1-3H3. The second-order valence-corrected chi connectivity index (χ2v) is 4.59. The first-order valence-corrected chi connectivity index (χ1v) is 7.19. The molecule has 0 bridgehead atoms. The lowest BCUT2D eigenvalue weighted by Crippen LogP contribution is -2.28. The highest BCUT2D eigenvalue weighted by molar-refractivity contribution is 5.59. The Bertz CT molecular complexity index is 364. The molecule has 0 aromatic heterocycles. The molecule has 4 nitrogen and oxygen atoms in total.